The van der Waals surface area contributed by atoms with Gasteiger partial charge >= 0.3 is 0 Å². The molecule has 1 saturated heterocycles. The van der Waals surface area contributed by atoms with Crippen LogP contribution in [-0.2, 0) is 9.53 Å². The van der Waals surface area contributed by atoms with Crippen LogP contribution in [0, 0.1) is 11.8 Å². The van der Waals surface area contributed by atoms with Crippen molar-refractivity contribution in [3.63, 3.8) is 0 Å². The second kappa shape index (κ2) is 10.7. The van der Waals surface area contributed by atoms with Gasteiger partial charge in [0.1, 0.15) is 5.70 Å². The first-order valence-electron chi connectivity index (χ1n) is 11.0. The van der Waals surface area contributed by atoms with E-state index in [0.29, 0.717) is 30.4 Å². The van der Waals surface area contributed by atoms with Crippen molar-refractivity contribution in [2.45, 2.75) is 51.9 Å². The van der Waals surface area contributed by atoms with Crippen LogP contribution < -0.4 is 5.32 Å². The van der Waals surface area contributed by atoms with Gasteiger partial charge in [-0.3, -0.25) is 14.8 Å². The van der Waals surface area contributed by atoms with Gasteiger partial charge in [0, 0.05) is 37.5 Å². The molecule has 2 N–H and O–H groups in total. The molecule has 1 unspecified atom stereocenters. The summed E-state index contributed by atoms with van der Waals surface area (Å²) < 4.78 is 5.27. The number of hydrogen-bond donors (Lipinski definition) is 2. The molecule has 3 rings (SSSR count). The molecule has 1 amide bonds. The highest BCUT2D eigenvalue weighted by Gasteiger charge is 2.36. The summed E-state index contributed by atoms with van der Waals surface area (Å²) in [6.45, 7) is 8.81. The number of anilines is 1. The minimum Gasteiger partial charge on any atom is -0.378 e. The maximum atomic E-state index is 12.7. The molecule has 0 bridgehead atoms. The van der Waals surface area contributed by atoms with E-state index in [-0.39, 0.29) is 17.9 Å². The summed E-state index contributed by atoms with van der Waals surface area (Å²) in [5.41, 5.74) is 2.82. The summed E-state index contributed by atoms with van der Waals surface area (Å²) >= 11 is 0. The van der Waals surface area contributed by atoms with Crippen molar-refractivity contribution >= 4 is 24.0 Å². The lowest BCUT2D eigenvalue weighted by atomic mass is 9.79. The number of likely N-dealkylation sites (tertiary alicyclic amines) is 1. The second-order valence-corrected chi connectivity index (χ2v) is 8.44. The molecule has 1 aromatic carbocycles. The highest BCUT2D eigenvalue weighted by molar-refractivity contribution is 5.86. The molecule has 0 radical (unpaired) electrons. The fraction of sp³-hybridized carbons (Fsp3) is 0.542. The molecule has 1 aliphatic heterocycles. The van der Waals surface area contributed by atoms with E-state index >= 15 is 0 Å². The Morgan fingerprint density at radius 2 is 1.77 bits per heavy atom. The van der Waals surface area contributed by atoms with Crippen LogP contribution in [-0.4, -0.2) is 60.9 Å². The lowest BCUT2D eigenvalue weighted by Gasteiger charge is -2.41. The van der Waals surface area contributed by atoms with Crippen molar-refractivity contribution < 1.29 is 14.6 Å². The lowest BCUT2D eigenvalue weighted by Crippen LogP contribution is -2.56. The van der Waals surface area contributed by atoms with Crippen molar-refractivity contribution in [2.24, 2.45) is 21.8 Å². The van der Waals surface area contributed by atoms with Crippen molar-refractivity contribution in [1.82, 2.24) is 4.90 Å². The number of aliphatic imine (C=N–C) groups is 2. The first-order valence-corrected chi connectivity index (χ1v) is 11.0. The largest absolute Gasteiger partial charge is 0.378 e. The van der Waals surface area contributed by atoms with Crippen LogP contribution >= 0.6 is 0 Å². The molecule has 1 heterocycles. The number of allylic oxidation sites excluding steroid dienone is 1. The molecule has 2 fully saturated rings. The SMILES string of the molecule is C=N/C(C)=C(\N=C(/C)C1CCC(C(=O)N2CC(OC)C2)CC1)C(O)Nc1ccccc1. The number of hydrogen-bond acceptors (Lipinski definition) is 6. The van der Waals surface area contributed by atoms with Gasteiger partial charge in [0.05, 0.1) is 11.8 Å². The maximum Gasteiger partial charge on any atom is 0.225 e. The predicted octanol–water partition coefficient (Wildman–Crippen LogP) is 3.47. The Morgan fingerprint density at radius 3 is 2.35 bits per heavy atom. The summed E-state index contributed by atoms with van der Waals surface area (Å²) in [4.78, 5) is 23.3. The van der Waals surface area contributed by atoms with Crippen LogP contribution in [0.25, 0.3) is 0 Å². The molecule has 1 aliphatic carbocycles. The molecular formula is C24H34N4O3. The summed E-state index contributed by atoms with van der Waals surface area (Å²) in [6, 6.07) is 9.51. The van der Waals surface area contributed by atoms with Gasteiger partial charge in [-0.2, -0.15) is 0 Å². The van der Waals surface area contributed by atoms with E-state index in [1.165, 1.54) is 0 Å². The molecule has 0 spiro atoms. The topological polar surface area (TPSA) is 86.5 Å². The van der Waals surface area contributed by atoms with Crippen LogP contribution in [0.2, 0.25) is 0 Å². The quantitative estimate of drug-likeness (QED) is 0.492. The van der Waals surface area contributed by atoms with Crippen LogP contribution in [0.4, 0.5) is 5.69 Å². The zero-order valence-corrected chi connectivity index (χ0v) is 18.8. The van der Waals surface area contributed by atoms with Gasteiger partial charge in [-0.15, -0.1) is 0 Å². The number of benzene rings is 1. The van der Waals surface area contributed by atoms with Crippen LogP contribution in [0.5, 0.6) is 0 Å². The molecule has 7 heteroatoms. The standard InChI is InChI=1S/C24H34N4O3/c1-16(18-10-12-19(13-11-18)24(30)28-14-21(15-28)31-4)26-22(17(2)25-3)23(29)27-20-8-6-5-7-9-20/h5-9,18-19,21,23,27,29H,3,10-15H2,1-2,4H3/b22-17-,26-16+. The summed E-state index contributed by atoms with van der Waals surface area (Å²) in [7, 11) is 1.69. The second-order valence-electron chi connectivity index (χ2n) is 8.44. The van der Waals surface area contributed by atoms with Gasteiger partial charge in [0.2, 0.25) is 5.91 Å². The molecule has 1 atom stereocenters. The smallest absolute Gasteiger partial charge is 0.225 e. The minimum atomic E-state index is -0.985. The Labute approximate surface area is 184 Å². The molecule has 168 valence electrons. The molecule has 1 aromatic rings. The monoisotopic (exact) mass is 426 g/mol. The number of nitrogens with zero attached hydrogens (tertiary/aromatic N) is 3. The van der Waals surface area contributed by atoms with Gasteiger partial charge in [-0.1, -0.05) is 18.2 Å². The zero-order chi connectivity index (χ0) is 22.4. The molecule has 31 heavy (non-hydrogen) atoms. The third-order valence-corrected chi connectivity index (χ3v) is 6.40. The van der Waals surface area contributed by atoms with E-state index in [1.807, 2.05) is 42.2 Å². The lowest BCUT2D eigenvalue weighted by molar-refractivity contribution is -0.148. The summed E-state index contributed by atoms with van der Waals surface area (Å²) in [5, 5.41) is 13.8. The highest BCUT2D eigenvalue weighted by Crippen LogP contribution is 2.33. The maximum absolute atomic E-state index is 12.7. The van der Waals surface area contributed by atoms with E-state index in [1.54, 1.807) is 14.0 Å². The fourth-order valence-corrected chi connectivity index (χ4v) is 4.25. The highest BCUT2D eigenvalue weighted by atomic mass is 16.5. The number of aliphatic hydroxyl groups is 1. The average molecular weight is 427 g/mol. The van der Waals surface area contributed by atoms with Crippen molar-refractivity contribution in [3.8, 4) is 0 Å². The third-order valence-electron chi connectivity index (χ3n) is 6.40. The number of amides is 1. The predicted molar refractivity (Wildman–Crippen MR) is 124 cm³/mol. The Balaban J connectivity index is 1.60. The first kappa shape index (κ1) is 23.2. The number of rotatable bonds is 8. The molecule has 2 aliphatic rings. The zero-order valence-electron chi connectivity index (χ0n) is 18.8. The van der Waals surface area contributed by atoms with E-state index < -0.39 is 6.23 Å². The number of ether oxygens (including phenoxy) is 1. The fourth-order valence-electron chi connectivity index (χ4n) is 4.25. The summed E-state index contributed by atoms with van der Waals surface area (Å²) in [6.07, 6.45) is 2.78. The third kappa shape index (κ3) is 5.80. The number of para-hydroxylation sites is 1. The van der Waals surface area contributed by atoms with Gasteiger partial charge in [-0.25, -0.2) is 0 Å². The van der Waals surface area contributed by atoms with Crippen LogP contribution in [0.15, 0.2) is 51.7 Å². The normalized spacial score (nSPS) is 24.1. The number of carbonyl (C=O) groups is 1. The van der Waals surface area contributed by atoms with E-state index in [0.717, 1.165) is 37.1 Å². The van der Waals surface area contributed by atoms with Crippen molar-refractivity contribution in [2.75, 3.05) is 25.5 Å². The van der Waals surface area contributed by atoms with E-state index in [2.05, 4.69) is 17.0 Å². The number of aliphatic hydroxyl groups excluding tert-OH is 1. The van der Waals surface area contributed by atoms with Crippen molar-refractivity contribution in [3.05, 3.63) is 41.7 Å². The van der Waals surface area contributed by atoms with Crippen molar-refractivity contribution in [1.29, 1.82) is 0 Å². The van der Waals surface area contributed by atoms with Gasteiger partial charge in [0.25, 0.3) is 0 Å². The average Bonchev–Trinajstić information content (AvgIpc) is 2.76. The Hall–Kier alpha value is -2.51. The summed E-state index contributed by atoms with van der Waals surface area (Å²) in [5.74, 6) is 0.651. The van der Waals surface area contributed by atoms with Crippen LogP contribution in [0.1, 0.15) is 39.5 Å². The Bertz CT molecular complexity index is 822. The van der Waals surface area contributed by atoms with E-state index in [4.69, 9.17) is 9.73 Å². The number of carbonyl (C=O) groups excluding carboxylic acids is 1. The van der Waals surface area contributed by atoms with Gasteiger partial charge in [-0.05, 0) is 64.3 Å². The van der Waals surface area contributed by atoms with E-state index in [9.17, 15) is 9.90 Å². The minimum absolute atomic E-state index is 0.0961. The number of nitrogens with one attached hydrogen (secondary N) is 1. The molecule has 1 saturated carbocycles. The first-order chi connectivity index (χ1) is 14.9. The Kier molecular flexibility index (Phi) is 7.98. The Morgan fingerprint density at radius 1 is 1.16 bits per heavy atom. The van der Waals surface area contributed by atoms with Crippen LogP contribution in [0.3, 0.4) is 0 Å². The molecular weight excluding hydrogens is 392 g/mol. The number of methoxy groups -OCH3 is 1. The van der Waals surface area contributed by atoms with Gasteiger partial charge < -0.3 is 20.1 Å². The molecule has 0 aromatic heterocycles. The molecule has 7 nitrogen and oxygen atoms in total. The van der Waals surface area contributed by atoms with Gasteiger partial charge in [0.15, 0.2) is 6.23 Å².